The summed E-state index contributed by atoms with van der Waals surface area (Å²) >= 11 is 0. The second kappa shape index (κ2) is 8.31. The molecule has 92 valence electrons. The van der Waals surface area contributed by atoms with Gasteiger partial charge >= 0.3 is 0 Å². The molecule has 0 aromatic carbocycles. The van der Waals surface area contributed by atoms with Crippen LogP contribution in [0.25, 0.3) is 0 Å². The van der Waals surface area contributed by atoms with Gasteiger partial charge in [0, 0.05) is 20.0 Å². The maximum absolute atomic E-state index is 4.85. The first kappa shape index (κ1) is 15.1. The highest BCUT2D eigenvalue weighted by molar-refractivity contribution is 14.0. The zero-order chi connectivity index (χ0) is 11.1. The Morgan fingerprint density at radius 3 is 2.38 bits per heavy atom. The molecule has 0 aliphatic rings. The summed E-state index contributed by atoms with van der Waals surface area (Å²) in [5.41, 5.74) is 0. The van der Waals surface area contributed by atoms with Crippen LogP contribution in [0.5, 0.6) is 0 Å². The molecule has 6 nitrogen and oxygen atoms in total. The Morgan fingerprint density at radius 1 is 1.31 bits per heavy atom. The van der Waals surface area contributed by atoms with Crippen molar-refractivity contribution < 1.29 is 4.52 Å². The minimum atomic E-state index is 0. The maximum atomic E-state index is 4.85. The molecule has 0 amide bonds. The van der Waals surface area contributed by atoms with Crippen LogP contribution >= 0.6 is 24.0 Å². The molecule has 7 heteroatoms. The standard InChI is InChI=1S/C9H17N5O.HI/c1-4-10-9(11-5-2)12-6-8-13-7(3)15-14-8;/h4-6H2,1-3H3,(H2,10,11,12);1H. The molecule has 0 bridgehead atoms. The van der Waals surface area contributed by atoms with Crippen molar-refractivity contribution in [3.63, 3.8) is 0 Å². The van der Waals surface area contributed by atoms with Crippen LogP contribution in [0, 0.1) is 6.92 Å². The molecule has 0 aliphatic heterocycles. The van der Waals surface area contributed by atoms with E-state index in [0.29, 0.717) is 18.3 Å². The van der Waals surface area contributed by atoms with E-state index < -0.39 is 0 Å². The lowest BCUT2D eigenvalue weighted by Crippen LogP contribution is -2.37. The van der Waals surface area contributed by atoms with E-state index in [4.69, 9.17) is 4.52 Å². The van der Waals surface area contributed by atoms with Crippen LogP contribution in [0.4, 0.5) is 0 Å². The highest BCUT2D eigenvalue weighted by Gasteiger charge is 2.01. The maximum Gasteiger partial charge on any atom is 0.223 e. The van der Waals surface area contributed by atoms with Crippen molar-refractivity contribution in [3.8, 4) is 0 Å². The second-order valence-electron chi connectivity index (χ2n) is 2.96. The Kier molecular flexibility index (Phi) is 7.86. The number of nitrogens with zero attached hydrogens (tertiary/aromatic N) is 3. The Balaban J connectivity index is 0.00000225. The van der Waals surface area contributed by atoms with E-state index >= 15 is 0 Å². The van der Waals surface area contributed by atoms with Crippen LogP contribution in [-0.4, -0.2) is 29.2 Å². The zero-order valence-corrected chi connectivity index (χ0v) is 12.1. The van der Waals surface area contributed by atoms with E-state index in [1.165, 1.54) is 0 Å². The molecule has 0 saturated heterocycles. The van der Waals surface area contributed by atoms with Gasteiger partial charge in [-0.15, -0.1) is 24.0 Å². The largest absolute Gasteiger partial charge is 0.357 e. The number of aliphatic imine (C=N–C) groups is 1. The lowest BCUT2D eigenvalue weighted by atomic mass is 10.6. The van der Waals surface area contributed by atoms with E-state index in [0.717, 1.165) is 19.0 Å². The number of guanidine groups is 1. The molecule has 0 spiro atoms. The summed E-state index contributed by atoms with van der Waals surface area (Å²) in [7, 11) is 0. The van der Waals surface area contributed by atoms with Gasteiger partial charge in [0.15, 0.2) is 11.8 Å². The average molecular weight is 339 g/mol. The minimum absolute atomic E-state index is 0. The first-order chi connectivity index (χ1) is 7.26. The zero-order valence-electron chi connectivity index (χ0n) is 9.78. The van der Waals surface area contributed by atoms with Gasteiger partial charge in [0.05, 0.1) is 0 Å². The van der Waals surface area contributed by atoms with Gasteiger partial charge in [-0.25, -0.2) is 4.99 Å². The van der Waals surface area contributed by atoms with Gasteiger partial charge in [0.2, 0.25) is 5.89 Å². The molecular weight excluding hydrogens is 321 g/mol. The van der Waals surface area contributed by atoms with Crippen molar-refractivity contribution in [3.05, 3.63) is 11.7 Å². The van der Waals surface area contributed by atoms with Gasteiger partial charge in [-0.1, -0.05) is 5.16 Å². The predicted molar refractivity (Wildman–Crippen MR) is 72.9 cm³/mol. The molecule has 0 fully saturated rings. The highest BCUT2D eigenvalue weighted by Crippen LogP contribution is 1.96. The number of nitrogens with one attached hydrogen (secondary N) is 2. The Bertz CT molecular complexity index is 317. The molecule has 0 atom stereocenters. The van der Waals surface area contributed by atoms with Gasteiger partial charge in [0.25, 0.3) is 0 Å². The first-order valence-corrected chi connectivity index (χ1v) is 5.07. The molecule has 2 N–H and O–H groups in total. The van der Waals surface area contributed by atoms with Gasteiger partial charge in [-0.2, -0.15) is 4.98 Å². The molecule has 0 radical (unpaired) electrons. The molecular formula is C9H18IN5O. The summed E-state index contributed by atoms with van der Waals surface area (Å²) in [6.45, 7) is 7.88. The van der Waals surface area contributed by atoms with Gasteiger partial charge < -0.3 is 15.2 Å². The van der Waals surface area contributed by atoms with E-state index in [2.05, 4.69) is 25.8 Å². The number of halogens is 1. The fourth-order valence-corrected chi connectivity index (χ4v) is 1.06. The number of hydrogen-bond acceptors (Lipinski definition) is 4. The van der Waals surface area contributed by atoms with Crippen LogP contribution in [-0.2, 0) is 6.54 Å². The SMILES string of the molecule is CCNC(=NCc1noc(C)n1)NCC.I. The van der Waals surface area contributed by atoms with E-state index in [-0.39, 0.29) is 24.0 Å². The van der Waals surface area contributed by atoms with Gasteiger partial charge in [-0.05, 0) is 13.8 Å². The molecule has 1 rings (SSSR count). The fraction of sp³-hybridized carbons (Fsp3) is 0.667. The molecule has 1 aromatic heterocycles. The smallest absolute Gasteiger partial charge is 0.223 e. The van der Waals surface area contributed by atoms with Crippen molar-refractivity contribution in [1.29, 1.82) is 0 Å². The third-order valence-electron chi connectivity index (χ3n) is 1.64. The van der Waals surface area contributed by atoms with Crippen LogP contribution in [0.1, 0.15) is 25.6 Å². The molecule has 1 aromatic rings. The molecule has 0 saturated carbocycles. The van der Waals surface area contributed by atoms with E-state index in [9.17, 15) is 0 Å². The van der Waals surface area contributed by atoms with Crippen molar-refractivity contribution in [1.82, 2.24) is 20.8 Å². The summed E-state index contributed by atoms with van der Waals surface area (Å²) in [6, 6.07) is 0. The van der Waals surface area contributed by atoms with Crippen LogP contribution in [0.3, 0.4) is 0 Å². The third kappa shape index (κ3) is 5.29. The second-order valence-corrected chi connectivity index (χ2v) is 2.96. The Labute approximate surface area is 112 Å². The Hall–Kier alpha value is -0.860. The average Bonchev–Trinajstić information content (AvgIpc) is 2.61. The first-order valence-electron chi connectivity index (χ1n) is 5.07. The number of aryl methyl sites for hydroxylation is 1. The summed E-state index contributed by atoms with van der Waals surface area (Å²) in [5.74, 6) is 1.93. The summed E-state index contributed by atoms with van der Waals surface area (Å²) in [6.07, 6.45) is 0. The molecule has 0 aliphatic carbocycles. The summed E-state index contributed by atoms with van der Waals surface area (Å²) in [5, 5.41) is 9.99. The van der Waals surface area contributed by atoms with Crippen LogP contribution in [0.2, 0.25) is 0 Å². The molecule has 1 heterocycles. The summed E-state index contributed by atoms with van der Waals surface area (Å²) < 4.78 is 4.85. The van der Waals surface area contributed by atoms with Crippen molar-refractivity contribution in [2.75, 3.05) is 13.1 Å². The number of hydrogen-bond donors (Lipinski definition) is 2. The molecule has 0 unspecified atom stereocenters. The van der Waals surface area contributed by atoms with Crippen molar-refractivity contribution in [2.24, 2.45) is 4.99 Å². The number of rotatable bonds is 4. The Morgan fingerprint density at radius 2 is 1.94 bits per heavy atom. The quantitative estimate of drug-likeness (QED) is 0.488. The monoisotopic (exact) mass is 339 g/mol. The van der Waals surface area contributed by atoms with E-state index in [1.807, 2.05) is 13.8 Å². The van der Waals surface area contributed by atoms with Crippen LogP contribution in [0.15, 0.2) is 9.52 Å². The van der Waals surface area contributed by atoms with Crippen molar-refractivity contribution in [2.45, 2.75) is 27.3 Å². The topological polar surface area (TPSA) is 75.3 Å². The van der Waals surface area contributed by atoms with Gasteiger partial charge in [0.1, 0.15) is 6.54 Å². The van der Waals surface area contributed by atoms with Crippen molar-refractivity contribution >= 4 is 29.9 Å². The third-order valence-corrected chi connectivity index (χ3v) is 1.64. The normalized spacial score (nSPS) is 9.19. The van der Waals surface area contributed by atoms with Crippen LogP contribution < -0.4 is 10.6 Å². The lowest BCUT2D eigenvalue weighted by molar-refractivity contribution is 0.387. The fourth-order valence-electron chi connectivity index (χ4n) is 1.06. The minimum Gasteiger partial charge on any atom is -0.357 e. The number of aromatic nitrogens is 2. The predicted octanol–water partition coefficient (Wildman–Crippen LogP) is 1.07. The lowest BCUT2D eigenvalue weighted by Gasteiger charge is -2.07. The highest BCUT2D eigenvalue weighted by atomic mass is 127. The molecule has 16 heavy (non-hydrogen) atoms. The van der Waals surface area contributed by atoms with Gasteiger partial charge in [-0.3, -0.25) is 0 Å². The summed E-state index contributed by atoms with van der Waals surface area (Å²) in [4.78, 5) is 8.36. The van der Waals surface area contributed by atoms with E-state index in [1.54, 1.807) is 6.92 Å².